The summed E-state index contributed by atoms with van der Waals surface area (Å²) in [6.45, 7) is 4.72. The molecule has 4 heteroatoms. The summed E-state index contributed by atoms with van der Waals surface area (Å²) < 4.78 is 2.07. The van der Waals surface area contributed by atoms with Gasteiger partial charge in [-0.2, -0.15) is 0 Å². The molecule has 0 unspecified atom stereocenters. The van der Waals surface area contributed by atoms with E-state index >= 15 is 0 Å². The maximum atomic E-state index is 12.6. The van der Waals surface area contributed by atoms with Gasteiger partial charge in [0.05, 0.1) is 13.1 Å². The lowest BCUT2D eigenvalue weighted by atomic mass is 10.2. The maximum absolute atomic E-state index is 12.6. The van der Waals surface area contributed by atoms with Crippen molar-refractivity contribution in [1.29, 1.82) is 0 Å². The van der Waals surface area contributed by atoms with E-state index in [1.807, 2.05) is 42.4 Å². The van der Waals surface area contributed by atoms with Gasteiger partial charge in [0.2, 0.25) is 5.91 Å². The highest BCUT2D eigenvalue weighted by atomic mass is 16.2. The Hall–Kier alpha value is -2.07. The number of benzene rings is 1. The Morgan fingerprint density at radius 3 is 2.57 bits per heavy atom. The number of unbranched alkanes of at least 4 members (excludes halogenated alkanes) is 1. The predicted octanol–water partition coefficient (Wildman–Crippen LogP) is 2.94. The van der Waals surface area contributed by atoms with Crippen LogP contribution in [0.4, 0.5) is 0 Å². The molecular weight excluding hydrogens is 286 g/mol. The number of carbonyl (C=O) groups excluding carboxylic acids is 1. The fraction of sp³-hybridized carbons (Fsp3) is 0.421. The van der Waals surface area contributed by atoms with Gasteiger partial charge in [0.15, 0.2) is 0 Å². The average Bonchev–Trinajstić information content (AvgIpc) is 2.97. The molecule has 1 heterocycles. The highest BCUT2D eigenvalue weighted by Gasteiger charge is 2.15. The van der Waals surface area contributed by atoms with Gasteiger partial charge in [-0.25, -0.2) is 0 Å². The van der Waals surface area contributed by atoms with E-state index in [0.29, 0.717) is 19.6 Å². The molecule has 4 nitrogen and oxygen atoms in total. The number of aromatic nitrogens is 1. The second-order valence-electron chi connectivity index (χ2n) is 5.88. The second-order valence-corrected chi connectivity index (χ2v) is 5.88. The number of nitrogens with zero attached hydrogens (tertiary/aromatic N) is 2. The van der Waals surface area contributed by atoms with Crippen molar-refractivity contribution in [3.05, 3.63) is 59.9 Å². The van der Waals surface area contributed by atoms with E-state index in [4.69, 9.17) is 0 Å². The van der Waals surface area contributed by atoms with Crippen molar-refractivity contribution in [2.45, 2.75) is 32.9 Å². The molecule has 0 saturated heterocycles. The molecule has 23 heavy (non-hydrogen) atoms. The van der Waals surface area contributed by atoms with Gasteiger partial charge >= 0.3 is 0 Å². The summed E-state index contributed by atoms with van der Waals surface area (Å²) in [6, 6.07) is 14.2. The summed E-state index contributed by atoms with van der Waals surface area (Å²) >= 11 is 0. The number of aryl methyl sites for hydroxylation is 1. The first kappa shape index (κ1) is 17.3. The molecule has 2 aromatic rings. The number of nitrogens with one attached hydrogen (secondary N) is 1. The Morgan fingerprint density at radius 1 is 1.13 bits per heavy atom. The van der Waals surface area contributed by atoms with Gasteiger partial charge in [-0.05, 0) is 30.7 Å². The van der Waals surface area contributed by atoms with Crippen LogP contribution in [0.2, 0.25) is 0 Å². The fourth-order valence-corrected chi connectivity index (χ4v) is 2.50. The molecule has 0 atom stereocenters. The topological polar surface area (TPSA) is 37.3 Å². The van der Waals surface area contributed by atoms with E-state index in [0.717, 1.165) is 30.6 Å². The smallest absolute Gasteiger partial charge is 0.237 e. The van der Waals surface area contributed by atoms with Crippen molar-refractivity contribution >= 4 is 5.91 Å². The van der Waals surface area contributed by atoms with Gasteiger partial charge in [-0.3, -0.25) is 4.79 Å². The first-order valence-electron chi connectivity index (χ1n) is 8.33. The van der Waals surface area contributed by atoms with E-state index in [1.165, 1.54) is 0 Å². The van der Waals surface area contributed by atoms with Crippen molar-refractivity contribution in [2.75, 3.05) is 13.1 Å². The molecule has 0 aliphatic carbocycles. The Morgan fingerprint density at radius 2 is 1.91 bits per heavy atom. The zero-order chi connectivity index (χ0) is 16.5. The van der Waals surface area contributed by atoms with E-state index in [-0.39, 0.29) is 5.91 Å². The molecule has 1 aromatic heterocycles. The molecule has 1 amide bonds. The molecule has 0 spiro atoms. The van der Waals surface area contributed by atoms with Crippen LogP contribution in [0.1, 0.15) is 31.0 Å². The minimum atomic E-state index is 0.145. The fourth-order valence-electron chi connectivity index (χ4n) is 2.50. The molecular formula is C19H27N3O. The minimum absolute atomic E-state index is 0.145. The van der Waals surface area contributed by atoms with Crippen LogP contribution in [0.3, 0.4) is 0 Å². The first-order valence-corrected chi connectivity index (χ1v) is 8.33. The lowest BCUT2D eigenvalue weighted by Gasteiger charge is -2.23. The number of amides is 1. The van der Waals surface area contributed by atoms with Crippen molar-refractivity contribution in [3.8, 4) is 0 Å². The van der Waals surface area contributed by atoms with Crippen LogP contribution >= 0.6 is 0 Å². The van der Waals surface area contributed by atoms with Crippen LogP contribution in [-0.2, 0) is 24.9 Å². The first-order chi connectivity index (χ1) is 11.2. The number of hydrogen-bond acceptors (Lipinski definition) is 2. The Balaban J connectivity index is 2.01. The van der Waals surface area contributed by atoms with Gasteiger partial charge in [0.25, 0.3) is 0 Å². The third-order valence-electron chi connectivity index (χ3n) is 3.96. The van der Waals surface area contributed by atoms with Crippen LogP contribution in [0.15, 0.2) is 48.7 Å². The summed E-state index contributed by atoms with van der Waals surface area (Å²) in [5, 5.41) is 3.25. The lowest BCUT2D eigenvalue weighted by Crippen LogP contribution is -2.38. The minimum Gasteiger partial charge on any atom is -0.353 e. The highest BCUT2D eigenvalue weighted by Crippen LogP contribution is 2.10. The van der Waals surface area contributed by atoms with Crippen molar-refractivity contribution in [3.63, 3.8) is 0 Å². The molecule has 0 aliphatic rings. The van der Waals surface area contributed by atoms with E-state index in [9.17, 15) is 4.79 Å². The van der Waals surface area contributed by atoms with Crippen LogP contribution in [0.5, 0.6) is 0 Å². The number of carbonyl (C=O) groups is 1. The van der Waals surface area contributed by atoms with Gasteiger partial charge in [0, 0.05) is 25.5 Å². The molecule has 2 rings (SSSR count). The van der Waals surface area contributed by atoms with Gasteiger partial charge in [-0.1, -0.05) is 43.7 Å². The Kier molecular flexibility index (Phi) is 6.88. The molecule has 124 valence electrons. The van der Waals surface area contributed by atoms with E-state index in [2.05, 4.69) is 35.0 Å². The molecule has 0 saturated carbocycles. The monoisotopic (exact) mass is 313 g/mol. The number of rotatable bonds is 9. The lowest BCUT2D eigenvalue weighted by molar-refractivity contribution is -0.131. The second kappa shape index (κ2) is 9.16. The van der Waals surface area contributed by atoms with Gasteiger partial charge in [0.1, 0.15) is 0 Å². The highest BCUT2D eigenvalue weighted by molar-refractivity contribution is 5.78. The largest absolute Gasteiger partial charge is 0.353 e. The molecule has 1 N–H and O–H groups in total. The summed E-state index contributed by atoms with van der Waals surface area (Å²) in [6.07, 6.45) is 4.25. The SMILES string of the molecule is CCCCNCC(=O)N(Cc1ccccc1)Cc1cccn1C. The van der Waals surface area contributed by atoms with Crippen molar-refractivity contribution in [1.82, 2.24) is 14.8 Å². The molecule has 0 aliphatic heterocycles. The zero-order valence-corrected chi connectivity index (χ0v) is 14.2. The molecule has 0 radical (unpaired) electrons. The molecule has 1 aromatic carbocycles. The average molecular weight is 313 g/mol. The number of hydrogen-bond donors (Lipinski definition) is 1. The Bertz CT molecular complexity index is 592. The molecule has 0 bridgehead atoms. The quantitative estimate of drug-likeness (QED) is 0.723. The van der Waals surface area contributed by atoms with Crippen LogP contribution < -0.4 is 5.32 Å². The Labute approximate surface area is 139 Å². The van der Waals surface area contributed by atoms with Crippen LogP contribution in [-0.4, -0.2) is 28.5 Å². The standard InChI is InChI=1S/C19H27N3O/c1-3-4-12-20-14-19(23)22(15-17-9-6-5-7-10-17)16-18-11-8-13-21(18)2/h5-11,13,20H,3-4,12,14-16H2,1-2H3. The molecule has 0 fully saturated rings. The van der Waals surface area contributed by atoms with E-state index in [1.54, 1.807) is 0 Å². The maximum Gasteiger partial charge on any atom is 0.237 e. The van der Waals surface area contributed by atoms with Crippen LogP contribution in [0, 0.1) is 0 Å². The van der Waals surface area contributed by atoms with E-state index < -0.39 is 0 Å². The third kappa shape index (κ3) is 5.57. The van der Waals surface area contributed by atoms with Crippen molar-refractivity contribution < 1.29 is 4.79 Å². The predicted molar refractivity (Wildman–Crippen MR) is 93.9 cm³/mol. The third-order valence-corrected chi connectivity index (χ3v) is 3.96. The van der Waals surface area contributed by atoms with Crippen LogP contribution in [0.25, 0.3) is 0 Å². The van der Waals surface area contributed by atoms with Crippen molar-refractivity contribution in [2.24, 2.45) is 7.05 Å². The van der Waals surface area contributed by atoms with Gasteiger partial charge < -0.3 is 14.8 Å². The summed E-state index contributed by atoms with van der Waals surface area (Å²) in [5.74, 6) is 0.145. The summed E-state index contributed by atoms with van der Waals surface area (Å²) in [5.41, 5.74) is 2.30. The normalized spacial score (nSPS) is 10.7. The summed E-state index contributed by atoms with van der Waals surface area (Å²) in [7, 11) is 2.01. The van der Waals surface area contributed by atoms with Gasteiger partial charge in [-0.15, -0.1) is 0 Å². The zero-order valence-electron chi connectivity index (χ0n) is 14.2. The summed E-state index contributed by atoms with van der Waals surface area (Å²) in [4.78, 5) is 14.5.